The van der Waals surface area contributed by atoms with E-state index in [9.17, 15) is 4.79 Å². The molecule has 1 aliphatic rings. The van der Waals surface area contributed by atoms with Crippen molar-refractivity contribution in [3.63, 3.8) is 0 Å². The van der Waals surface area contributed by atoms with Crippen molar-refractivity contribution in [2.24, 2.45) is 5.92 Å². The molecule has 1 aromatic heterocycles. The van der Waals surface area contributed by atoms with Crippen molar-refractivity contribution in [3.05, 3.63) is 64.3 Å². The lowest BCUT2D eigenvalue weighted by Gasteiger charge is -2.30. The summed E-state index contributed by atoms with van der Waals surface area (Å²) in [6, 6.07) is 14.7. The number of nitrogens with zero attached hydrogens (tertiary/aromatic N) is 3. The second-order valence-electron chi connectivity index (χ2n) is 7.63. The number of halogens is 2. The number of aromatic nitrogens is 2. The number of hydrogen-bond acceptors (Lipinski definition) is 3. The maximum Gasteiger partial charge on any atom is 0.272 e. The van der Waals surface area contributed by atoms with Gasteiger partial charge in [-0.25, -0.2) is 4.68 Å². The average molecular weight is 444 g/mol. The molecule has 0 unspecified atom stereocenters. The van der Waals surface area contributed by atoms with E-state index in [2.05, 4.69) is 6.92 Å². The van der Waals surface area contributed by atoms with Gasteiger partial charge in [-0.15, -0.1) is 0 Å². The molecule has 7 heteroatoms. The largest absolute Gasteiger partial charge is 0.497 e. The van der Waals surface area contributed by atoms with E-state index in [1.54, 1.807) is 23.9 Å². The van der Waals surface area contributed by atoms with Crippen molar-refractivity contribution >= 4 is 29.1 Å². The van der Waals surface area contributed by atoms with E-state index in [1.165, 1.54) is 0 Å². The molecular weight excluding hydrogens is 421 g/mol. The van der Waals surface area contributed by atoms with Gasteiger partial charge < -0.3 is 9.64 Å². The fourth-order valence-electron chi connectivity index (χ4n) is 3.64. The molecule has 1 saturated heterocycles. The van der Waals surface area contributed by atoms with Crippen molar-refractivity contribution in [3.8, 4) is 22.7 Å². The van der Waals surface area contributed by atoms with E-state index in [4.69, 9.17) is 33.0 Å². The van der Waals surface area contributed by atoms with Gasteiger partial charge in [-0.3, -0.25) is 4.79 Å². The van der Waals surface area contributed by atoms with Gasteiger partial charge in [0.15, 0.2) is 0 Å². The summed E-state index contributed by atoms with van der Waals surface area (Å²) >= 11 is 12.3. The molecule has 1 fully saturated rings. The highest BCUT2D eigenvalue weighted by Crippen LogP contribution is 2.29. The van der Waals surface area contributed by atoms with Crippen LogP contribution in [0.1, 0.15) is 30.3 Å². The molecule has 0 saturated carbocycles. The second-order valence-corrected chi connectivity index (χ2v) is 8.45. The monoisotopic (exact) mass is 443 g/mol. The lowest BCUT2D eigenvalue weighted by Crippen LogP contribution is -2.38. The Labute approximate surface area is 186 Å². The lowest BCUT2D eigenvalue weighted by molar-refractivity contribution is 0.0688. The minimum atomic E-state index is -0.0328. The SMILES string of the molecule is COc1cccc(-c2cc(C(=O)N3CCC(C)CC3)n(-c3ccc(Cl)c(Cl)c3)n2)c1. The Morgan fingerprint density at radius 3 is 2.53 bits per heavy atom. The van der Waals surface area contributed by atoms with Crippen molar-refractivity contribution < 1.29 is 9.53 Å². The van der Waals surface area contributed by atoms with E-state index in [-0.39, 0.29) is 5.91 Å². The zero-order valence-electron chi connectivity index (χ0n) is 16.9. The number of piperidine rings is 1. The van der Waals surface area contributed by atoms with E-state index >= 15 is 0 Å². The maximum absolute atomic E-state index is 13.4. The Hall–Kier alpha value is -2.50. The number of carbonyl (C=O) groups excluding carboxylic acids is 1. The molecule has 0 aliphatic carbocycles. The second kappa shape index (κ2) is 8.70. The van der Waals surface area contributed by atoms with Crippen LogP contribution in [0.25, 0.3) is 16.9 Å². The third kappa shape index (κ3) is 4.18. The smallest absolute Gasteiger partial charge is 0.272 e. The minimum absolute atomic E-state index is 0.0328. The number of likely N-dealkylation sites (tertiary alicyclic amines) is 1. The summed E-state index contributed by atoms with van der Waals surface area (Å²) in [5.74, 6) is 1.34. The van der Waals surface area contributed by atoms with E-state index < -0.39 is 0 Å². The molecule has 0 atom stereocenters. The van der Waals surface area contributed by atoms with Crippen molar-refractivity contribution in [2.75, 3.05) is 20.2 Å². The first-order chi connectivity index (χ1) is 14.5. The first-order valence-electron chi connectivity index (χ1n) is 9.95. The lowest BCUT2D eigenvalue weighted by atomic mass is 9.99. The highest BCUT2D eigenvalue weighted by atomic mass is 35.5. The van der Waals surface area contributed by atoms with Crippen LogP contribution in [0.5, 0.6) is 5.75 Å². The predicted molar refractivity (Wildman–Crippen MR) is 120 cm³/mol. The Kier molecular flexibility index (Phi) is 6.02. The highest BCUT2D eigenvalue weighted by Gasteiger charge is 2.26. The topological polar surface area (TPSA) is 47.4 Å². The number of carbonyl (C=O) groups is 1. The van der Waals surface area contributed by atoms with Gasteiger partial charge in [0.05, 0.1) is 28.5 Å². The molecule has 0 spiro atoms. The summed E-state index contributed by atoms with van der Waals surface area (Å²) < 4.78 is 6.99. The summed E-state index contributed by atoms with van der Waals surface area (Å²) in [7, 11) is 1.62. The fourth-order valence-corrected chi connectivity index (χ4v) is 3.94. The molecule has 0 bridgehead atoms. The standard InChI is InChI=1S/C23H23Cl2N3O2/c1-15-8-10-27(11-9-15)23(29)22-14-21(16-4-3-5-18(12-16)30-2)26-28(22)17-6-7-19(24)20(25)13-17/h3-7,12-15H,8-11H2,1-2H3. The summed E-state index contributed by atoms with van der Waals surface area (Å²) in [4.78, 5) is 15.3. The maximum atomic E-state index is 13.4. The third-order valence-electron chi connectivity index (χ3n) is 5.51. The quantitative estimate of drug-likeness (QED) is 0.517. The van der Waals surface area contributed by atoms with Crippen LogP contribution in [0.15, 0.2) is 48.5 Å². The van der Waals surface area contributed by atoms with Crippen LogP contribution in [0.2, 0.25) is 10.0 Å². The van der Waals surface area contributed by atoms with Crippen LogP contribution in [-0.2, 0) is 0 Å². The average Bonchev–Trinajstić information content (AvgIpc) is 3.21. The van der Waals surface area contributed by atoms with Crippen LogP contribution in [-0.4, -0.2) is 40.8 Å². The molecule has 156 valence electrons. The molecule has 4 rings (SSSR count). The van der Waals surface area contributed by atoms with Gasteiger partial charge in [-0.05, 0) is 55.2 Å². The molecule has 30 heavy (non-hydrogen) atoms. The Morgan fingerprint density at radius 2 is 1.83 bits per heavy atom. The number of rotatable bonds is 4. The number of benzene rings is 2. The van der Waals surface area contributed by atoms with Gasteiger partial charge in [-0.2, -0.15) is 5.10 Å². The molecule has 1 amide bonds. The highest BCUT2D eigenvalue weighted by molar-refractivity contribution is 6.42. The van der Waals surface area contributed by atoms with Crippen LogP contribution < -0.4 is 4.74 Å². The van der Waals surface area contributed by atoms with Crippen molar-refractivity contribution in [1.29, 1.82) is 0 Å². The number of ether oxygens (including phenoxy) is 1. The number of amides is 1. The van der Waals surface area contributed by atoms with Gasteiger partial charge in [0, 0.05) is 18.7 Å². The zero-order valence-corrected chi connectivity index (χ0v) is 18.5. The summed E-state index contributed by atoms with van der Waals surface area (Å²) in [6.07, 6.45) is 2.02. The molecule has 3 aromatic rings. The van der Waals surface area contributed by atoms with Gasteiger partial charge in [-0.1, -0.05) is 42.3 Å². The number of methoxy groups -OCH3 is 1. The molecule has 2 heterocycles. The summed E-state index contributed by atoms with van der Waals surface area (Å²) in [6.45, 7) is 3.73. The van der Waals surface area contributed by atoms with Gasteiger partial charge >= 0.3 is 0 Å². The van der Waals surface area contributed by atoms with Gasteiger partial charge in [0.2, 0.25) is 0 Å². The Bertz CT molecular complexity index is 1070. The Balaban J connectivity index is 1.79. The molecular formula is C23H23Cl2N3O2. The number of hydrogen-bond donors (Lipinski definition) is 0. The summed E-state index contributed by atoms with van der Waals surface area (Å²) in [5, 5.41) is 5.61. The first kappa shape index (κ1) is 20.8. The predicted octanol–water partition coefficient (Wildman–Crippen LogP) is 5.73. The van der Waals surface area contributed by atoms with Crippen LogP contribution in [0.3, 0.4) is 0 Å². The first-order valence-corrected chi connectivity index (χ1v) is 10.7. The molecule has 1 aliphatic heterocycles. The van der Waals surface area contributed by atoms with Crippen LogP contribution in [0.4, 0.5) is 0 Å². The van der Waals surface area contributed by atoms with Crippen LogP contribution >= 0.6 is 23.2 Å². The van der Waals surface area contributed by atoms with Gasteiger partial charge in [0.25, 0.3) is 5.91 Å². The molecule has 2 aromatic carbocycles. The van der Waals surface area contributed by atoms with Crippen molar-refractivity contribution in [2.45, 2.75) is 19.8 Å². The molecule has 5 nitrogen and oxygen atoms in total. The van der Waals surface area contributed by atoms with E-state index in [1.807, 2.05) is 41.3 Å². The zero-order chi connectivity index (χ0) is 21.3. The third-order valence-corrected chi connectivity index (χ3v) is 6.25. The summed E-state index contributed by atoms with van der Waals surface area (Å²) in [5.41, 5.74) is 2.75. The molecule has 0 N–H and O–H groups in total. The van der Waals surface area contributed by atoms with Gasteiger partial charge in [0.1, 0.15) is 11.4 Å². The van der Waals surface area contributed by atoms with Crippen LogP contribution in [0, 0.1) is 5.92 Å². The minimum Gasteiger partial charge on any atom is -0.497 e. The fraction of sp³-hybridized carbons (Fsp3) is 0.304. The Morgan fingerprint density at radius 1 is 1.07 bits per heavy atom. The molecule has 0 radical (unpaired) electrons. The van der Waals surface area contributed by atoms with E-state index in [0.29, 0.717) is 33.0 Å². The normalized spacial score (nSPS) is 14.7. The van der Waals surface area contributed by atoms with Crippen molar-refractivity contribution in [1.82, 2.24) is 14.7 Å². The van der Waals surface area contributed by atoms with E-state index in [0.717, 1.165) is 37.2 Å².